The number of pyridine rings is 1. The Balaban J connectivity index is 1.62. The maximum Gasteiger partial charge on any atom is 0.547 e. The fraction of sp³-hybridized carbons (Fsp3) is 0.360. The minimum absolute atomic E-state index is 0.0665. The summed E-state index contributed by atoms with van der Waals surface area (Å²) in [5.41, 5.74) is -0.453. The standard InChI is InChI=1S/C25H27BFN5O9/c1-3-13-11-31(4-2)22(35)23(36)32(13)25(39)30-19(18-16(27)9-14(33)10-28-18)21(34)29-17-8-12-6-5-7-15(24(37)38)20(12)41-26(17)40/h5-7,9-10,13,17,19,33,40H,3-4,8,11H2,1-2H3,(H,29,34)(H,30,39)(H,37,38)/t13?,17-,19?/m0/s1. The van der Waals surface area contributed by atoms with Gasteiger partial charge in [-0.3, -0.25) is 24.3 Å². The number of benzene rings is 1. The number of aromatic carboxylic acids is 1. The molecular weight excluding hydrogens is 544 g/mol. The topological polar surface area (TPSA) is 199 Å². The van der Waals surface area contributed by atoms with Gasteiger partial charge in [-0.25, -0.2) is 14.0 Å². The first-order valence-corrected chi connectivity index (χ1v) is 12.7. The molecule has 1 aromatic carbocycles. The van der Waals surface area contributed by atoms with Crippen LogP contribution in [0.2, 0.25) is 0 Å². The van der Waals surface area contributed by atoms with E-state index < -0.39 is 72.1 Å². The zero-order chi connectivity index (χ0) is 30.0. The molecule has 3 heterocycles. The van der Waals surface area contributed by atoms with Crippen LogP contribution in [-0.4, -0.2) is 91.9 Å². The van der Waals surface area contributed by atoms with Gasteiger partial charge in [0.25, 0.3) is 0 Å². The third kappa shape index (κ3) is 5.77. The lowest BCUT2D eigenvalue weighted by molar-refractivity contribution is -0.156. The quantitative estimate of drug-likeness (QED) is 0.222. The van der Waals surface area contributed by atoms with Crippen molar-refractivity contribution in [1.82, 2.24) is 25.4 Å². The molecule has 2 aliphatic rings. The van der Waals surface area contributed by atoms with Gasteiger partial charge in [0.05, 0.1) is 23.7 Å². The van der Waals surface area contributed by atoms with Crippen LogP contribution in [0.3, 0.4) is 0 Å². The number of imide groups is 1. The third-order valence-electron chi connectivity index (χ3n) is 6.89. The highest BCUT2D eigenvalue weighted by Crippen LogP contribution is 2.30. The van der Waals surface area contributed by atoms with Gasteiger partial charge in [0.15, 0.2) is 11.9 Å². The van der Waals surface area contributed by atoms with Crippen LogP contribution in [0.25, 0.3) is 0 Å². The maximum absolute atomic E-state index is 14.9. The number of urea groups is 1. The van der Waals surface area contributed by atoms with E-state index in [-0.39, 0.29) is 37.2 Å². The molecule has 1 aromatic heterocycles. The molecule has 1 fully saturated rings. The lowest BCUT2D eigenvalue weighted by Gasteiger charge is -2.39. The second kappa shape index (κ2) is 11.8. The molecule has 14 nitrogen and oxygen atoms in total. The SMILES string of the molecule is CCC1CN(CC)C(=O)C(=O)N1C(=O)NC(C(=O)N[C@H]1Cc2cccc(C(=O)O)c2OB1O)c1ncc(O)cc1F. The second-order valence-corrected chi connectivity index (χ2v) is 9.45. The zero-order valence-corrected chi connectivity index (χ0v) is 22.0. The van der Waals surface area contributed by atoms with Crippen molar-refractivity contribution in [3.63, 3.8) is 0 Å². The van der Waals surface area contributed by atoms with E-state index in [1.165, 1.54) is 23.1 Å². The van der Waals surface area contributed by atoms with Crippen LogP contribution in [-0.2, 0) is 20.8 Å². The molecule has 2 unspecified atom stereocenters. The zero-order valence-electron chi connectivity index (χ0n) is 22.0. The molecule has 216 valence electrons. The Hall–Kier alpha value is -4.73. The fourth-order valence-electron chi connectivity index (χ4n) is 4.75. The number of nitrogens with zero attached hydrogens (tertiary/aromatic N) is 3. The number of carbonyl (C=O) groups is 5. The Morgan fingerprint density at radius 2 is 1.98 bits per heavy atom. The van der Waals surface area contributed by atoms with Crippen LogP contribution in [0.1, 0.15) is 47.9 Å². The van der Waals surface area contributed by atoms with Crippen molar-refractivity contribution in [2.75, 3.05) is 13.1 Å². The molecule has 16 heteroatoms. The average Bonchev–Trinajstić information content (AvgIpc) is 2.93. The number of para-hydroxylation sites is 1. The fourth-order valence-corrected chi connectivity index (χ4v) is 4.75. The Labute approximate surface area is 233 Å². The number of hydrogen-bond donors (Lipinski definition) is 5. The largest absolute Gasteiger partial charge is 0.547 e. The van der Waals surface area contributed by atoms with Crippen LogP contribution in [0, 0.1) is 5.82 Å². The van der Waals surface area contributed by atoms with Crippen molar-refractivity contribution < 1.29 is 48.3 Å². The number of rotatable bonds is 7. The van der Waals surface area contributed by atoms with Crippen molar-refractivity contribution in [3.05, 3.63) is 53.1 Å². The van der Waals surface area contributed by atoms with Crippen molar-refractivity contribution in [3.8, 4) is 11.5 Å². The smallest absolute Gasteiger partial charge is 0.534 e. The second-order valence-electron chi connectivity index (χ2n) is 9.45. The average molecular weight is 571 g/mol. The predicted octanol–water partition coefficient (Wildman–Crippen LogP) is -0.0159. The number of carboxylic acid groups (broad SMARTS) is 1. The number of hydrogen-bond acceptors (Lipinski definition) is 9. The summed E-state index contributed by atoms with van der Waals surface area (Å²) in [7, 11) is -1.72. The Bertz CT molecular complexity index is 1410. The molecule has 3 atom stereocenters. The van der Waals surface area contributed by atoms with Crippen molar-refractivity contribution >= 4 is 36.8 Å². The van der Waals surface area contributed by atoms with Gasteiger partial charge in [-0.15, -0.1) is 0 Å². The van der Waals surface area contributed by atoms with Crippen LogP contribution < -0.4 is 15.3 Å². The Morgan fingerprint density at radius 3 is 2.61 bits per heavy atom. The van der Waals surface area contributed by atoms with Gasteiger partial charge in [-0.05, 0) is 31.4 Å². The van der Waals surface area contributed by atoms with Crippen molar-refractivity contribution in [2.45, 2.75) is 44.7 Å². The third-order valence-corrected chi connectivity index (χ3v) is 6.89. The first-order chi connectivity index (χ1) is 19.5. The van der Waals surface area contributed by atoms with Gasteiger partial charge < -0.3 is 35.4 Å². The van der Waals surface area contributed by atoms with Crippen LogP contribution in [0.4, 0.5) is 9.18 Å². The summed E-state index contributed by atoms with van der Waals surface area (Å²) in [4.78, 5) is 69.3. The number of fused-ring (bicyclic) bond motifs is 1. The van der Waals surface area contributed by atoms with E-state index in [2.05, 4.69) is 15.6 Å². The Kier molecular flexibility index (Phi) is 8.42. The number of piperazine rings is 1. The van der Waals surface area contributed by atoms with Crippen LogP contribution in [0.5, 0.6) is 11.5 Å². The highest BCUT2D eigenvalue weighted by molar-refractivity contribution is 6.47. The minimum Gasteiger partial charge on any atom is -0.534 e. The number of aromatic nitrogens is 1. The lowest BCUT2D eigenvalue weighted by atomic mass is 9.72. The number of amides is 5. The number of aromatic hydroxyl groups is 1. The number of carbonyl (C=O) groups excluding carboxylic acids is 4. The van der Waals surface area contributed by atoms with Crippen LogP contribution in [0.15, 0.2) is 30.5 Å². The molecule has 5 amide bonds. The van der Waals surface area contributed by atoms with E-state index in [1.54, 1.807) is 13.8 Å². The molecular formula is C25H27BFN5O9. The number of halogens is 1. The van der Waals surface area contributed by atoms with Crippen molar-refractivity contribution in [1.29, 1.82) is 0 Å². The number of nitrogens with one attached hydrogen (secondary N) is 2. The summed E-state index contributed by atoms with van der Waals surface area (Å²) in [6.07, 6.45) is 1.05. The van der Waals surface area contributed by atoms with E-state index >= 15 is 0 Å². The molecule has 41 heavy (non-hydrogen) atoms. The molecule has 0 aliphatic carbocycles. The van der Waals surface area contributed by atoms with Gasteiger partial charge in [0, 0.05) is 19.2 Å². The van der Waals surface area contributed by atoms with E-state index in [9.17, 15) is 43.6 Å². The molecule has 2 aromatic rings. The summed E-state index contributed by atoms with van der Waals surface area (Å²) in [5.74, 6) is -7.35. The van der Waals surface area contributed by atoms with Crippen LogP contribution >= 0.6 is 0 Å². The summed E-state index contributed by atoms with van der Waals surface area (Å²) >= 11 is 0. The maximum atomic E-state index is 14.9. The van der Waals surface area contributed by atoms with Gasteiger partial charge in [0.1, 0.15) is 17.2 Å². The summed E-state index contributed by atoms with van der Waals surface area (Å²) < 4.78 is 20.2. The molecule has 2 aliphatic heterocycles. The molecule has 5 N–H and O–H groups in total. The molecule has 1 saturated heterocycles. The summed E-state index contributed by atoms with van der Waals surface area (Å²) in [6, 6.07) is 1.19. The van der Waals surface area contributed by atoms with Gasteiger partial charge >= 0.3 is 30.9 Å². The van der Waals surface area contributed by atoms with Gasteiger partial charge in [-0.1, -0.05) is 19.1 Å². The first kappa shape index (κ1) is 29.3. The van der Waals surface area contributed by atoms with Crippen molar-refractivity contribution in [2.24, 2.45) is 0 Å². The molecule has 0 saturated carbocycles. The van der Waals surface area contributed by atoms with E-state index in [0.717, 1.165) is 6.20 Å². The predicted molar refractivity (Wildman–Crippen MR) is 138 cm³/mol. The first-order valence-electron chi connectivity index (χ1n) is 12.7. The number of carboxylic acids is 1. The molecule has 4 rings (SSSR count). The van der Waals surface area contributed by atoms with E-state index in [1.807, 2.05) is 0 Å². The summed E-state index contributed by atoms with van der Waals surface area (Å²) in [5, 5.41) is 34.2. The highest BCUT2D eigenvalue weighted by Gasteiger charge is 2.44. The number of likely N-dealkylation sites (N-methyl/N-ethyl adjacent to an activating group) is 1. The molecule has 0 bridgehead atoms. The molecule has 0 radical (unpaired) electrons. The minimum atomic E-state index is -1.88. The van der Waals surface area contributed by atoms with Gasteiger partial charge in [0.2, 0.25) is 5.91 Å². The summed E-state index contributed by atoms with van der Waals surface area (Å²) in [6.45, 7) is 3.69. The highest BCUT2D eigenvalue weighted by atomic mass is 19.1. The normalized spacial score (nSPS) is 19.3. The monoisotopic (exact) mass is 571 g/mol. The lowest BCUT2D eigenvalue weighted by Crippen LogP contribution is -2.64. The van der Waals surface area contributed by atoms with E-state index in [0.29, 0.717) is 16.5 Å². The van der Waals surface area contributed by atoms with E-state index in [4.69, 9.17) is 4.65 Å². The Morgan fingerprint density at radius 1 is 1.24 bits per heavy atom. The van der Waals surface area contributed by atoms with Gasteiger partial charge in [-0.2, -0.15) is 0 Å². The molecule has 0 spiro atoms.